The first-order chi connectivity index (χ1) is 19.7. The van der Waals surface area contributed by atoms with Crippen molar-refractivity contribution in [2.75, 3.05) is 55.8 Å². The third-order valence-corrected chi connectivity index (χ3v) is 7.72. The first kappa shape index (κ1) is 33.2. The minimum atomic E-state index is -0.884. The summed E-state index contributed by atoms with van der Waals surface area (Å²) in [4.78, 5) is 65.5. The first-order valence-electron chi connectivity index (χ1n) is 12.7. The van der Waals surface area contributed by atoms with Crippen LogP contribution in [0.15, 0.2) is 30.3 Å². The fourth-order valence-electron chi connectivity index (χ4n) is 4.51. The van der Waals surface area contributed by atoms with Gasteiger partial charge in [0.15, 0.2) is 0 Å². The number of esters is 1. The summed E-state index contributed by atoms with van der Waals surface area (Å²) in [5.41, 5.74) is 5.61. The Bertz CT molecular complexity index is 1310. The Morgan fingerprint density at radius 3 is 2.69 bits per heavy atom. The number of morpholine rings is 1. The van der Waals surface area contributed by atoms with Crippen LogP contribution in [0, 0.1) is 5.82 Å². The average Bonchev–Trinajstić information content (AvgIpc) is 3.56. The third-order valence-electron chi connectivity index (χ3n) is 6.50. The van der Waals surface area contributed by atoms with Gasteiger partial charge in [0, 0.05) is 18.7 Å². The molecule has 2 fully saturated rings. The molecule has 0 aliphatic carbocycles. The molecule has 2 aromatic rings. The number of hydrogen-bond acceptors (Lipinski definition) is 10. The van der Waals surface area contributed by atoms with Crippen molar-refractivity contribution in [2.24, 2.45) is 5.73 Å². The summed E-state index contributed by atoms with van der Waals surface area (Å²) < 4.78 is 31.4. The van der Waals surface area contributed by atoms with Crippen LogP contribution in [-0.4, -0.2) is 93.2 Å². The number of nitrogens with zero attached hydrogens (tertiary/aromatic N) is 3. The topological polar surface area (TPSA) is 149 Å². The Morgan fingerprint density at radius 1 is 1.26 bits per heavy atom. The molecule has 2 aliphatic heterocycles. The Labute approximate surface area is 255 Å². The van der Waals surface area contributed by atoms with Crippen LogP contribution in [0.1, 0.15) is 22.5 Å². The largest absolute Gasteiger partial charge is 0.463 e. The van der Waals surface area contributed by atoms with E-state index in [1.165, 1.54) is 28.0 Å². The van der Waals surface area contributed by atoms with Crippen molar-refractivity contribution in [3.8, 4) is 0 Å². The van der Waals surface area contributed by atoms with Gasteiger partial charge in [-0.15, -0.1) is 23.7 Å². The van der Waals surface area contributed by atoms with Crippen molar-refractivity contribution >= 4 is 76.9 Å². The minimum absolute atomic E-state index is 0. The molecule has 1 unspecified atom stereocenters. The van der Waals surface area contributed by atoms with Crippen molar-refractivity contribution in [3.63, 3.8) is 0 Å². The van der Waals surface area contributed by atoms with E-state index in [1.54, 1.807) is 6.07 Å². The number of benzene rings is 1. The lowest BCUT2D eigenvalue weighted by Gasteiger charge is -2.32. The predicted octanol–water partition coefficient (Wildman–Crippen LogP) is 2.64. The maximum atomic E-state index is 15.2. The second-order valence-electron chi connectivity index (χ2n) is 9.20. The van der Waals surface area contributed by atoms with Gasteiger partial charge in [0.2, 0.25) is 0 Å². The van der Waals surface area contributed by atoms with Crippen LogP contribution in [0.25, 0.3) is 0 Å². The molecule has 1 aromatic carbocycles. The zero-order valence-corrected chi connectivity index (χ0v) is 24.6. The molecule has 3 heterocycles. The van der Waals surface area contributed by atoms with E-state index in [2.05, 4.69) is 0 Å². The minimum Gasteiger partial charge on any atom is -0.463 e. The molecule has 2 saturated heterocycles. The van der Waals surface area contributed by atoms with Crippen LogP contribution in [0.5, 0.6) is 0 Å². The number of carbonyl (C=O) groups is 5. The Hall–Kier alpha value is -3.30. The maximum absolute atomic E-state index is 15.2. The monoisotopic (exact) mass is 646 g/mol. The summed E-state index contributed by atoms with van der Waals surface area (Å²) >= 11 is 7.07. The van der Waals surface area contributed by atoms with E-state index < -0.39 is 35.9 Å². The normalized spacial score (nSPS) is 17.4. The van der Waals surface area contributed by atoms with Crippen molar-refractivity contribution in [1.82, 2.24) is 4.90 Å². The van der Waals surface area contributed by atoms with Gasteiger partial charge in [-0.3, -0.25) is 19.3 Å². The Morgan fingerprint density at radius 2 is 2.05 bits per heavy atom. The molecule has 0 spiro atoms. The van der Waals surface area contributed by atoms with Gasteiger partial charge in [-0.05, 0) is 36.8 Å². The average molecular weight is 648 g/mol. The highest BCUT2D eigenvalue weighted by Crippen LogP contribution is 2.30. The zero-order chi connectivity index (χ0) is 29.5. The predicted molar refractivity (Wildman–Crippen MR) is 154 cm³/mol. The van der Waals surface area contributed by atoms with E-state index in [4.69, 9.17) is 31.5 Å². The summed E-state index contributed by atoms with van der Waals surface area (Å²) in [5, 5.41) is 0. The van der Waals surface area contributed by atoms with Gasteiger partial charge in [0.25, 0.3) is 11.8 Å². The molecular weight excluding hydrogens is 618 g/mol. The number of anilines is 2. The molecular formula is C26H29Cl2FN4O8S. The van der Waals surface area contributed by atoms with Gasteiger partial charge in [0.05, 0.1) is 47.2 Å². The van der Waals surface area contributed by atoms with Gasteiger partial charge < -0.3 is 34.5 Å². The van der Waals surface area contributed by atoms with E-state index in [0.29, 0.717) is 22.9 Å². The molecule has 2 N–H and O–H groups in total. The highest BCUT2D eigenvalue weighted by atomic mass is 35.5. The number of cyclic esters (lactones) is 1. The number of nitrogens with two attached hydrogens (primary N) is 1. The van der Waals surface area contributed by atoms with Gasteiger partial charge in [0.1, 0.15) is 31.4 Å². The fourth-order valence-corrected chi connectivity index (χ4v) is 5.51. The molecule has 1 aromatic heterocycles. The van der Waals surface area contributed by atoms with Crippen LogP contribution >= 0.6 is 35.3 Å². The second-order valence-corrected chi connectivity index (χ2v) is 10.9. The maximum Gasteiger partial charge on any atom is 0.414 e. The van der Waals surface area contributed by atoms with Crippen LogP contribution < -0.4 is 15.5 Å². The number of hydrogen-bond donors (Lipinski definition) is 1. The molecule has 0 saturated carbocycles. The smallest absolute Gasteiger partial charge is 0.414 e. The fraction of sp³-hybridized carbons (Fsp3) is 0.423. The van der Waals surface area contributed by atoms with Gasteiger partial charge in [-0.25, -0.2) is 9.18 Å². The van der Waals surface area contributed by atoms with Crippen LogP contribution in [-0.2, 0) is 28.6 Å². The number of aldehydes is 1. The second kappa shape index (κ2) is 15.3. The third kappa shape index (κ3) is 7.95. The molecule has 0 bridgehead atoms. The summed E-state index contributed by atoms with van der Waals surface area (Å²) in [6.07, 6.45) is -0.802. The molecule has 42 heavy (non-hydrogen) atoms. The number of halogens is 3. The molecule has 0 radical (unpaired) electrons. The van der Waals surface area contributed by atoms with Gasteiger partial charge in [-0.1, -0.05) is 11.6 Å². The van der Waals surface area contributed by atoms with Gasteiger partial charge >= 0.3 is 12.1 Å². The number of rotatable bonds is 12. The molecule has 2 atom stereocenters. The number of thiophene rings is 1. The highest BCUT2D eigenvalue weighted by molar-refractivity contribution is 7.18. The van der Waals surface area contributed by atoms with Crippen molar-refractivity contribution < 1.29 is 42.6 Å². The lowest BCUT2D eigenvalue weighted by Crippen LogP contribution is -2.48. The molecule has 2 aliphatic rings. The SMILES string of the molecule is Cl.NCC(=O)OCC(CCC=O)N(C[C@H]1CN(c2ccc(N3CCOCC3=O)cc2F)C(=O)O1)C(=O)c1ccc(Cl)s1. The Balaban J connectivity index is 0.00000484. The van der Waals surface area contributed by atoms with E-state index in [0.717, 1.165) is 22.3 Å². The lowest BCUT2D eigenvalue weighted by molar-refractivity contribution is -0.143. The van der Waals surface area contributed by atoms with Crippen molar-refractivity contribution in [3.05, 3.63) is 45.4 Å². The van der Waals surface area contributed by atoms with Crippen LogP contribution in [0.2, 0.25) is 4.34 Å². The van der Waals surface area contributed by atoms with E-state index in [9.17, 15) is 24.0 Å². The number of ether oxygens (including phenoxy) is 3. The first-order valence-corrected chi connectivity index (χ1v) is 13.9. The van der Waals surface area contributed by atoms with Gasteiger partial charge in [-0.2, -0.15) is 0 Å². The zero-order valence-electron chi connectivity index (χ0n) is 22.2. The van der Waals surface area contributed by atoms with E-state index in [1.807, 2.05) is 0 Å². The van der Waals surface area contributed by atoms with Crippen LogP contribution in [0.4, 0.5) is 20.6 Å². The van der Waals surface area contributed by atoms with Crippen molar-refractivity contribution in [1.29, 1.82) is 0 Å². The molecule has 4 rings (SSSR count). The van der Waals surface area contributed by atoms with E-state index >= 15 is 4.39 Å². The summed E-state index contributed by atoms with van der Waals surface area (Å²) in [6.45, 7) is -0.344. The lowest BCUT2D eigenvalue weighted by atomic mass is 10.1. The molecule has 16 heteroatoms. The van der Waals surface area contributed by atoms with Crippen LogP contribution in [0.3, 0.4) is 0 Å². The highest BCUT2D eigenvalue weighted by Gasteiger charge is 2.38. The Kier molecular flexibility index (Phi) is 12.1. The standard InChI is InChI=1S/C26H28ClFN4O8S.ClH/c27-22-6-5-21(41-22)25(36)31(17(2-1-8-33)14-39-24(35)11-29)12-18-13-32(26(37)40-18)20-4-3-16(10-19(20)28)30-7-9-38-15-23(30)34;/h3-6,8,10,17-18H,1-2,7,9,11-15,29H2;1H/t17?,18-;/m0./s1. The number of carbonyl (C=O) groups excluding carboxylic acids is 5. The molecule has 3 amide bonds. The molecule has 12 nitrogen and oxygen atoms in total. The summed E-state index contributed by atoms with van der Waals surface area (Å²) in [7, 11) is 0. The molecule has 228 valence electrons. The van der Waals surface area contributed by atoms with Crippen molar-refractivity contribution in [2.45, 2.75) is 25.0 Å². The quantitative estimate of drug-likeness (QED) is 0.271. The number of amides is 3. The summed E-state index contributed by atoms with van der Waals surface area (Å²) in [6, 6.07) is 6.41. The summed E-state index contributed by atoms with van der Waals surface area (Å²) in [5.74, 6) is -2.20. The van der Waals surface area contributed by atoms with E-state index in [-0.39, 0.29) is 81.1 Å².